The van der Waals surface area contributed by atoms with Gasteiger partial charge in [0, 0.05) is 43.5 Å². The van der Waals surface area contributed by atoms with Gasteiger partial charge in [0.2, 0.25) is 5.91 Å². The Hall–Kier alpha value is -5.32. The molecule has 0 bridgehead atoms. The molecule has 2 N–H and O–H groups in total. The molecule has 0 saturated heterocycles. The van der Waals surface area contributed by atoms with Gasteiger partial charge in [0.15, 0.2) is 11.5 Å². The summed E-state index contributed by atoms with van der Waals surface area (Å²) in [6.07, 6.45) is -0.525. The number of hydrogen-bond donors (Lipinski definition) is 2. The second kappa shape index (κ2) is 13.5. The second-order valence-electron chi connectivity index (χ2n) is 10.7. The number of amides is 2. The number of methoxy groups -OCH3 is 2. The third kappa shape index (κ3) is 6.77. The van der Waals surface area contributed by atoms with Crippen molar-refractivity contribution < 1.29 is 38.1 Å². The Kier molecular flexibility index (Phi) is 9.36. The van der Waals surface area contributed by atoms with Gasteiger partial charge in [0.05, 0.1) is 14.2 Å². The van der Waals surface area contributed by atoms with E-state index < -0.39 is 23.7 Å². The molecule has 11 heteroatoms. The summed E-state index contributed by atoms with van der Waals surface area (Å²) in [5, 5.41) is 12.8. The van der Waals surface area contributed by atoms with Gasteiger partial charge in [0.25, 0.3) is 0 Å². The fraction of sp³-hybridized carbons (Fsp3) is 0.294. The Morgan fingerprint density at radius 3 is 2.18 bits per heavy atom. The van der Waals surface area contributed by atoms with Crippen LogP contribution >= 0.6 is 0 Å². The monoisotopic (exact) mass is 614 g/mol. The van der Waals surface area contributed by atoms with Crippen LogP contribution in [-0.2, 0) is 20.9 Å². The minimum absolute atomic E-state index is 0.0476. The van der Waals surface area contributed by atoms with E-state index in [1.807, 2.05) is 48.5 Å². The first kappa shape index (κ1) is 31.1. The molecule has 1 atom stereocenters. The van der Waals surface area contributed by atoms with Crippen molar-refractivity contribution in [2.45, 2.75) is 38.3 Å². The lowest BCUT2D eigenvalue weighted by Gasteiger charge is -2.23. The highest BCUT2D eigenvalue weighted by molar-refractivity contribution is 5.85. The zero-order chi connectivity index (χ0) is 32.1. The van der Waals surface area contributed by atoms with Crippen molar-refractivity contribution in [2.75, 3.05) is 27.4 Å². The van der Waals surface area contributed by atoms with Crippen LogP contribution in [-0.4, -0.2) is 61.4 Å². The Labute approximate surface area is 259 Å². The van der Waals surface area contributed by atoms with Crippen LogP contribution in [0.3, 0.4) is 0 Å². The largest absolute Gasteiger partial charge is 0.493 e. The Balaban J connectivity index is 1.21. The van der Waals surface area contributed by atoms with E-state index in [1.165, 1.54) is 32.1 Å². The molecule has 0 unspecified atom stereocenters. The van der Waals surface area contributed by atoms with Gasteiger partial charge in [-0.3, -0.25) is 4.79 Å². The number of ether oxygens (including phenoxy) is 3. The molecule has 45 heavy (non-hydrogen) atoms. The average molecular weight is 615 g/mol. The lowest BCUT2D eigenvalue weighted by molar-refractivity contribution is -0.139. The van der Waals surface area contributed by atoms with Gasteiger partial charge < -0.3 is 34.0 Å². The Morgan fingerprint density at radius 1 is 0.956 bits per heavy atom. The van der Waals surface area contributed by atoms with Crippen molar-refractivity contribution in [3.63, 3.8) is 0 Å². The van der Waals surface area contributed by atoms with Crippen molar-refractivity contribution in [1.82, 2.24) is 10.2 Å². The third-order valence-corrected chi connectivity index (χ3v) is 8.00. The highest BCUT2D eigenvalue weighted by atomic mass is 16.5. The van der Waals surface area contributed by atoms with E-state index in [1.54, 1.807) is 12.1 Å². The fourth-order valence-corrected chi connectivity index (χ4v) is 5.76. The summed E-state index contributed by atoms with van der Waals surface area (Å²) in [5.74, 6) is -0.831. The number of carbonyl (C=O) groups is 3. The van der Waals surface area contributed by atoms with Crippen molar-refractivity contribution in [1.29, 1.82) is 0 Å². The summed E-state index contributed by atoms with van der Waals surface area (Å²) in [5.41, 5.74) is 4.49. The number of hydrogen-bond acceptors (Lipinski definition) is 8. The minimum atomic E-state index is -1.23. The molecule has 0 saturated carbocycles. The Morgan fingerprint density at radius 2 is 1.58 bits per heavy atom. The summed E-state index contributed by atoms with van der Waals surface area (Å²) < 4.78 is 21.5. The molecule has 4 aromatic rings. The SMILES string of the molecule is COc1cc2oc(=O)cc(CN(CCC[C@H](NC(=O)OCC3c4ccccc4-c4ccccc43)C(=O)O)C(C)=O)c2cc1OC. The number of carboxylic acids is 1. The van der Waals surface area contributed by atoms with Crippen molar-refractivity contribution >= 4 is 28.9 Å². The summed E-state index contributed by atoms with van der Waals surface area (Å²) in [4.78, 5) is 51.0. The molecule has 5 rings (SSSR count). The number of carbonyl (C=O) groups excluding carboxylic acids is 2. The molecule has 0 aliphatic heterocycles. The highest BCUT2D eigenvalue weighted by Crippen LogP contribution is 2.44. The minimum Gasteiger partial charge on any atom is -0.493 e. The number of fused-ring (bicyclic) bond motifs is 4. The van der Waals surface area contributed by atoms with E-state index in [0.717, 1.165) is 22.3 Å². The maximum Gasteiger partial charge on any atom is 0.407 e. The topological polar surface area (TPSA) is 145 Å². The average Bonchev–Trinajstić information content (AvgIpc) is 3.35. The van der Waals surface area contributed by atoms with Crippen molar-refractivity contribution in [3.05, 3.63) is 93.8 Å². The number of aliphatic carboxylic acids is 1. The van der Waals surface area contributed by atoms with E-state index in [-0.39, 0.29) is 49.9 Å². The summed E-state index contributed by atoms with van der Waals surface area (Å²) in [6, 6.07) is 19.2. The smallest absolute Gasteiger partial charge is 0.407 e. The first-order valence-electron chi connectivity index (χ1n) is 14.5. The molecule has 1 aromatic heterocycles. The van der Waals surface area contributed by atoms with Crippen LogP contribution in [0.5, 0.6) is 11.5 Å². The summed E-state index contributed by atoms with van der Waals surface area (Å²) in [7, 11) is 2.95. The molecule has 1 heterocycles. The Bertz CT molecular complexity index is 1750. The molecule has 0 spiro atoms. The van der Waals surface area contributed by atoms with Crippen molar-refractivity contribution in [2.24, 2.45) is 0 Å². The number of benzene rings is 3. The van der Waals surface area contributed by atoms with Gasteiger partial charge in [-0.25, -0.2) is 14.4 Å². The lowest BCUT2D eigenvalue weighted by Crippen LogP contribution is -2.42. The molecular formula is C34H34N2O9. The molecule has 0 radical (unpaired) electrons. The predicted molar refractivity (Wildman–Crippen MR) is 166 cm³/mol. The molecule has 0 fully saturated rings. The zero-order valence-corrected chi connectivity index (χ0v) is 25.2. The van der Waals surface area contributed by atoms with Crippen LogP contribution in [0.15, 0.2) is 75.9 Å². The molecule has 11 nitrogen and oxygen atoms in total. The predicted octanol–water partition coefficient (Wildman–Crippen LogP) is 4.93. The summed E-state index contributed by atoms with van der Waals surface area (Å²) in [6.45, 7) is 1.70. The van der Waals surface area contributed by atoms with Gasteiger partial charge in [0.1, 0.15) is 18.2 Å². The third-order valence-electron chi connectivity index (χ3n) is 8.00. The fourth-order valence-electron chi connectivity index (χ4n) is 5.76. The molecule has 2 amide bonds. The quantitative estimate of drug-likeness (QED) is 0.212. The number of alkyl carbamates (subject to hydrolysis) is 1. The molecule has 1 aliphatic carbocycles. The first-order chi connectivity index (χ1) is 21.7. The molecular weight excluding hydrogens is 580 g/mol. The normalized spacial score (nSPS) is 12.6. The van der Waals surface area contributed by atoms with Gasteiger partial charge in [-0.2, -0.15) is 0 Å². The number of nitrogens with one attached hydrogen (secondary N) is 1. The van der Waals surface area contributed by atoms with E-state index in [4.69, 9.17) is 18.6 Å². The number of nitrogens with zero attached hydrogens (tertiary/aromatic N) is 1. The zero-order valence-electron chi connectivity index (χ0n) is 25.2. The van der Waals surface area contributed by atoms with E-state index in [2.05, 4.69) is 5.32 Å². The van der Waals surface area contributed by atoms with Crippen molar-refractivity contribution in [3.8, 4) is 22.6 Å². The van der Waals surface area contributed by atoms with E-state index in [0.29, 0.717) is 22.4 Å². The van der Waals surface area contributed by atoms with Crippen LogP contribution in [0.25, 0.3) is 22.1 Å². The van der Waals surface area contributed by atoms with Crippen LogP contribution in [0.1, 0.15) is 42.4 Å². The molecule has 234 valence electrons. The van der Waals surface area contributed by atoms with Crippen LogP contribution < -0.4 is 20.4 Å². The van der Waals surface area contributed by atoms with Crippen LogP contribution in [0, 0.1) is 0 Å². The van der Waals surface area contributed by atoms with Gasteiger partial charge in [-0.1, -0.05) is 48.5 Å². The highest BCUT2D eigenvalue weighted by Gasteiger charge is 2.30. The van der Waals surface area contributed by atoms with Crippen LogP contribution in [0.4, 0.5) is 4.79 Å². The van der Waals surface area contributed by atoms with Crippen LogP contribution in [0.2, 0.25) is 0 Å². The number of rotatable bonds is 12. The second-order valence-corrected chi connectivity index (χ2v) is 10.7. The van der Waals surface area contributed by atoms with E-state index in [9.17, 15) is 24.3 Å². The van der Waals surface area contributed by atoms with Gasteiger partial charge in [-0.05, 0) is 46.7 Å². The molecule has 3 aromatic carbocycles. The number of carboxylic acid groups (broad SMARTS) is 1. The summed E-state index contributed by atoms with van der Waals surface area (Å²) >= 11 is 0. The molecule has 1 aliphatic rings. The van der Waals surface area contributed by atoms with Gasteiger partial charge in [-0.15, -0.1) is 0 Å². The van der Waals surface area contributed by atoms with Gasteiger partial charge >= 0.3 is 17.7 Å². The standard InChI is InChI=1S/C34H34N2O9/c1-20(37)36(18-21-15-32(38)45-29-17-31(43-3)30(42-2)16-26(21)29)14-8-13-28(33(39)40)35-34(41)44-19-27-24-11-6-4-9-22(24)23-10-5-7-12-25(23)27/h4-7,9-12,15-17,27-28H,8,13-14,18-19H2,1-3H3,(H,35,41)(H,39,40)/t28-/m0/s1. The maximum atomic E-state index is 12.7. The maximum absolute atomic E-state index is 12.7. The van der Waals surface area contributed by atoms with E-state index >= 15 is 0 Å². The first-order valence-corrected chi connectivity index (χ1v) is 14.5. The lowest BCUT2D eigenvalue weighted by atomic mass is 9.98.